The standard InChI is InChI=1S/C15H17N5/c16-12-4-5-14-13(10-12)18-15(11-2-3-11)20(14)9-8-19-7-1-6-17-19/h1,4-7,10-11H,2-3,8-9,16H2. The highest BCUT2D eigenvalue weighted by Gasteiger charge is 2.29. The first-order chi connectivity index (χ1) is 9.81. The summed E-state index contributed by atoms with van der Waals surface area (Å²) < 4.78 is 4.29. The van der Waals surface area contributed by atoms with Gasteiger partial charge in [0.25, 0.3) is 0 Å². The van der Waals surface area contributed by atoms with E-state index in [1.807, 2.05) is 35.3 Å². The number of nitrogens with two attached hydrogens (primary N) is 1. The van der Waals surface area contributed by atoms with Crippen LogP contribution in [-0.2, 0) is 13.1 Å². The third kappa shape index (κ3) is 1.95. The molecule has 1 fully saturated rings. The minimum atomic E-state index is 0.626. The van der Waals surface area contributed by atoms with Crippen LogP contribution in [-0.4, -0.2) is 19.3 Å². The molecule has 102 valence electrons. The zero-order chi connectivity index (χ0) is 13.5. The Morgan fingerprint density at radius 2 is 2.15 bits per heavy atom. The maximum absolute atomic E-state index is 5.86. The summed E-state index contributed by atoms with van der Waals surface area (Å²) in [4.78, 5) is 4.79. The molecule has 3 aromatic rings. The van der Waals surface area contributed by atoms with Gasteiger partial charge in [-0.05, 0) is 37.1 Å². The summed E-state index contributed by atoms with van der Waals surface area (Å²) >= 11 is 0. The smallest absolute Gasteiger partial charge is 0.113 e. The van der Waals surface area contributed by atoms with Gasteiger partial charge in [-0.15, -0.1) is 0 Å². The predicted octanol–water partition coefficient (Wildman–Crippen LogP) is 2.39. The fourth-order valence-corrected chi connectivity index (χ4v) is 2.69. The van der Waals surface area contributed by atoms with Crippen molar-refractivity contribution >= 4 is 16.7 Å². The van der Waals surface area contributed by atoms with E-state index < -0.39 is 0 Å². The van der Waals surface area contributed by atoms with E-state index in [1.54, 1.807) is 0 Å². The maximum atomic E-state index is 5.86. The van der Waals surface area contributed by atoms with Crippen molar-refractivity contribution in [1.29, 1.82) is 0 Å². The second kappa shape index (κ2) is 4.37. The summed E-state index contributed by atoms with van der Waals surface area (Å²) in [5.74, 6) is 1.83. The van der Waals surface area contributed by atoms with E-state index in [9.17, 15) is 0 Å². The Kier molecular flexibility index (Phi) is 2.52. The molecular formula is C15H17N5. The van der Waals surface area contributed by atoms with Gasteiger partial charge in [-0.3, -0.25) is 4.68 Å². The van der Waals surface area contributed by atoms with Gasteiger partial charge in [0.05, 0.1) is 17.6 Å². The number of fused-ring (bicyclic) bond motifs is 1. The monoisotopic (exact) mass is 267 g/mol. The number of nitrogens with zero attached hydrogens (tertiary/aromatic N) is 4. The van der Waals surface area contributed by atoms with Crippen molar-refractivity contribution in [2.24, 2.45) is 0 Å². The van der Waals surface area contributed by atoms with E-state index in [4.69, 9.17) is 10.7 Å². The summed E-state index contributed by atoms with van der Waals surface area (Å²) in [5, 5.41) is 4.26. The van der Waals surface area contributed by atoms with Gasteiger partial charge in [-0.25, -0.2) is 4.98 Å². The highest BCUT2D eigenvalue weighted by molar-refractivity contribution is 5.79. The van der Waals surface area contributed by atoms with E-state index in [2.05, 4.69) is 15.7 Å². The van der Waals surface area contributed by atoms with E-state index in [0.29, 0.717) is 5.92 Å². The van der Waals surface area contributed by atoms with Gasteiger partial charge in [0.2, 0.25) is 0 Å². The van der Waals surface area contributed by atoms with Crippen LogP contribution in [0.4, 0.5) is 5.69 Å². The van der Waals surface area contributed by atoms with Crippen LogP contribution >= 0.6 is 0 Å². The Bertz CT molecular complexity index is 737. The molecule has 5 nitrogen and oxygen atoms in total. The first-order valence-electron chi connectivity index (χ1n) is 7.04. The third-order valence-corrected chi connectivity index (χ3v) is 3.86. The molecule has 0 atom stereocenters. The number of anilines is 1. The molecule has 5 heteroatoms. The predicted molar refractivity (Wildman–Crippen MR) is 78.3 cm³/mol. The Labute approximate surface area is 117 Å². The molecule has 0 spiro atoms. The highest BCUT2D eigenvalue weighted by Crippen LogP contribution is 2.40. The molecule has 0 radical (unpaired) electrons. The van der Waals surface area contributed by atoms with E-state index in [0.717, 1.165) is 24.3 Å². The fraction of sp³-hybridized carbons (Fsp3) is 0.333. The molecule has 1 saturated carbocycles. The first-order valence-corrected chi connectivity index (χ1v) is 7.04. The average molecular weight is 267 g/mol. The van der Waals surface area contributed by atoms with Crippen molar-refractivity contribution in [3.63, 3.8) is 0 Å². The van der Waals surface area contributed by atoms with Gasteiger partial charge in [0.1, 0.15) is 5.82 Å². The second-order valence-electron chi connectivity index (χ2n) is 5.41. The van der Waals surface area contributed by atoms with Crippen LogP contribution in [0, 0.1) is 0 Å². The highest BCUT2D eigenvalue weighted by atomic mass is 15.3. The van der Waals surface area contributed by atoms with Crippen LogP contribution in [0.1, 0.15) is 24.6 Å². The minimum Gasteiger partial charge on any atom is -0.399 e. The van der Waals surface area contributed by atoms with Gasteiger partial charge in [0.15, 0.2) is 0 Å². The normalized spacial score (nSPS) is 15.0. The molecule has 1 aliphatic rings. The number of rotatable bonds is 4. The molecule has 4 rings (SSSR count). The van der Waals surface area contributed by atoms with Gasteiger partial charge in [-0.2, -0.15) is 5.10 Å². The zero-order valence-electron chi connectivity index (χ0n) is 11.2. The molecule has 0 unspecified atom stereocenters. The molecule has 0 saturated heterocycles. The SMILES string of the molecule is Nc1ccc2c(c1)nc(C1CC1)n2CCn1cccn1. The number of nitrogen functional groups attached to an aromatic ring is 1. The van der Waals surface area contributed by atoms with Crippen LogP contribution in [0.5, 0.6) is 0 Å². The van der Waals surface area contributed by atoms with Gasteiger partial charge in [-0.1, -0.05) is 0 Å². The number of hydrogen-bond acceptors (Lipinski definition) is 3. The Balaban J connectivity index is 1.73. The number of hydrogen-bond donors (Lipinski definition) is 1. The van der Waals surface area contributed by atoms with Crippen molar-refractivity contribution in [1.82, 2.24) is 19.3 Å². The molecular weight excluding hydrogens is 250 g/mol. The van der Waals surface area contributed by atoms with Crippen molar-refractivity contribution in [2.45, 2.75) is 31.8 Å². The number of aryl methyl sites for hydroxylation is 2. The fourth-order valence-electron chi connectivity index (χ4n) is 2.69. The molecule has 0 bridgehead atoms. The van der Waals surface area contributed by atoms with E-state index in [-0.39, 0.29) is 0 Å². The molecule has 0 amide bonds. The Hall–Kier alpha value is -2.30. The lowest BCUT2D eigenvalue weighted by atomic mass is 10.3. The molecule has 2 aromatic heterocycles. The summed E-state index contributed by atoms with van der Waals surface area (Å²) in [7, 11) is 0. The number of imidazole rings is 1. The van der Waals surface area contributed by atoms with Crippen LogP contribution < -0.4 is 5.73 Å². The largest absolute Gasteiger partial charge is 0.399 e. The molecule has 1 aromatic carbocycles. The van der Waals surface area contributed by atoms with Crippen molar-refractivity contribution < 1.29 is 0 Å². The topological polar surface area (TPSA) is 61.7 Å². The lowest BCUT2D eigenvalue weighted by Gasteiger charge is -2.09. The van der Waals surface area contributed by atoms with Crippen LogP contribution in [0.25, 0.3) is 11.0 Å². The van der Waals surface area contributed by atoms with E-state index >= 15 is 0 Å². The maximum Gasteiger partial charge on any atom is 0.113 e. The summed E-state index contributed by atoms with van der Waals surface area (Å²) in [6.45, 7) is 1.76. The Morgan fingerprint density at radius 3 is 2.90 bits per heavy atom. The first kappa shape index (κ1) is 11.5. The lowest BCUT2D eigenvalue weighted by Crippen LogP contribution is -2.10. The van der Waals surface area contributed by atoms with Gasteiger partial charge >= 0.3 is 0 Å². The number of aromatic nitrogens is 4. The minimum absolute atomic E-state index is 0.626. The Morgan fingerprint density at radius 1 is 1.25 bits per heavy atom. The zero-order valence-corrected chi connectivity index (χ0v) is 11.2. The van der Waals surface area contributed by atoms with Crippen molar-refractivity contribution in [2.75, 3.05) is 5.73 Å². The molecule has 2 N–H and O–H groups in total. The molecule has 2 heterocycles. The van der Waals surface area contributed by atoms with Gasteiger partial charge < -0.3 is 10.3 Å². The average Bonchev–Trinajstić information content (AvgIpc) is 3.03. The number of benzene rings is 1. The second-order valence-corrected chi connectivity index (χ2v) is 5.41. The van der Waals surface area contributed by atoms with Crippen molar-refractivity contribution in [3.05, 3.63) is 42.5 Å². The summed E-state index contributed by atoms with van der Waals surface area (Å²) in [6, 6.07) is 7.94. The van der Waals surface area contributed by atoms with Crippen LogP contribution in [0.3, 0.4) is 0 Å². The summed E-state index contributed by atoms with van der Waals surface area (Å²) in [6.07, 6.45) is 6.31. The van der Waals surface area contributed by atoms with Crippen LogP contribution in [0.15, 0.2) is 36.7 Å². The lowest BCUT2D eigenvalue weighted by molar-refractivity contribution is 0.528. The third-order valence-electron chi connectivity index (χ3n) is 3.86. The van der Waals surface area contributed by atoms with Crippen molar-refractivity contribution in [3.8, 4) is 0 Å². The molecule has 20 heavy (non-hydrogen) atoms. The van der Waals surface area contributed by atoms with E-state index in [1.165, 1.54) is 24.2 Å². The van der Waals surface area contributed by atoms with Gasteiger partial charge in [0, 0.05) is 30.5 Å². The van der Waals surface area contributed by atoms with Crippen LogP contribution in [0.2, 0.25) is 0 Å². The quantitative estimate of drug-likeness (QED) is 0.738. The summed E-state index contributed by atoms with van der Waals surface area (Å²) in [5.41, 5.74) is 8.82. The molecule has 0 aliphatic heterocycles. The molecule has 1 aliphatic carbocycles.